The Kier molecular flexibility index (Phi) is 1.41. The van der Waals surface area contributed by atoms with Crippen molar-refractivity contribution in [1.29, 1.82) is 0 Å². The SMILES string of the molecule is O=C(O)[C@H]1C[C@@H]2CC[C@H]1N=N2. The largest absolute Gasteiger partial charge is 0.481 e. The fourth-order valence-corrected chi connectivity index (χ4v) is 1.82. The standard InChI is InChI=1S/C7H10N2O2/c10-7(11)5-3-4-1-2-6(5)9-8-4/h4-6H,1-3H2,(H,10,11)/t4-,5-,6+/m0/s1. The van der Waals surface area contributed by atoms with E-state index in [1.807, 2.05) is 0 Å². The van der Waals surface area contributed by atoms with Crippen molar-refractivity contribution >= 4 is 5.97 Å². The summed E-state index contributed by atoms with van der Waals surface area (Å²) in [7, 11) is 0. The van der Waals surface area contributed by atoms with Gasteiger partial charge in [0.15, 0.2) is 0 Å². The van der Waals surface area contributed by atoms with Crippen molar-refractivity contribution in [2.45, 2.75) is 31.3 Å². The van der Waals surface area contributed by atoms with E-state index in [1.165, 1.54) is 0 Å². The van der Waals surface area contributed by atoms with Crippen molar-refractivity contribution in [3.63, 3.8) is 0 Å². The number of hydrogen-bond donors (Lipinski definition) is 1. The molecule has 0 unspecified atom stereocenters. The van der Waals surface area contributed by atoms with Crippen LogP contribution in [-0.4, -0.2) is 23.2 Å². The van der Waals surface area contributed by atoms with Gasteiger partial charge in [-0.2, -0.15) is 10.2 Å². The Labute approximate surface area is 64.3 Å². The molecule has 0 saturated heterocycles. The van der Waals surface area contributed by atoms with Gasteiger partial charge in [-0.3, -0.25) is 4.79 Å². The Morgan fingerprint density at radius 3 is 2.45 bits per heavy atom. The average Bonchev–Trinajstić information content (AvgIpc) is 2.06. The summed E-state index contributed by atoms with van der Waals surface area (Å²) in [6.07, 6.45) is 2.63. The molecule has 2 heterocycles. The molecule has 2 aliphatic heterocycles. The summed E-state index contributed by atoms with van der Waals surface area (Å²) in [5.41, 5.74) is 0. The lowest BCUT2D eigenvalue weighted by Crippen LogP contribution is -2.38. The van der Waals surface area contributed by atoms with Crippen LogP contribution in [0.4, 0.5) is 0 Å². The highest BCUT2D eigenvalue weighted by Gasteiger charge is 2.38. The second-order valence-corrected chi connectivity index (χ2v) is 3.21. The first-order chi connectivity index (χ1) is 5.27. The molecule has 0 aromatic rings. The summed E-state index contributed by atoms with van der Waals surface area (Å²) >= 11 is 0. The second kappa shape index (κ2) is 2.29. The molecule has 4 heteroatoms. The molecule has 0 radical (unpaired) electrons. The first-order valence-electron chi connectivity index (χ1n) is 3.90. The number of carboxylic acids is 1. The van der Waals surface area contributed by atoms with Crippen LogP contribution in [0.15, 0.2) is 10.2 Å². The number of carboxylic acid groups (broad SMARTS) is 1. The van der Waals surface area contributed by atoms with Gasteiger partial charge in [0, 0.05) is 0 Å². The van der Waals surface area contributed by atoms with Gasteiger partial charge in [0.2, 0.25) is 0 Å². The zero-order valence-corrected chi connectivity index (χ0v) is 6.10. The van der Waals surface area contributed by atoms with Gasteiger partial charge in [-0.1, -0.05) is 0 Å². The number of hydrogen-bond acceptors (Lipinski definition) is 3. The molecule has 0 aromatic heterocycles. The number of rotatable bonds is 1. The molecule has 3 rings (SSSR count). The van der Waals surface area contributed by atoms with E-state index in [4.69, 9.17) is 5.11 Å². The van der Waals surface area contributed by atoms with Crippen LogP contribution < -0.4 is 0 Å². The molecule has 0 amide bonds. The van der Waals surface area contributed by atoms with E-state index >= 15 is 0 Å². The fraction of sp³-hybridized carbons (Fsp3) is 0.857. The predicted molar refractivity (Wildman–Crippen MR) is 37.4 cm³/mol. The maximum atomic E-state index is 10.6. The fourth-order valence-electron chi connectivity index (χ4n) is 1.82. The number of fused-ring (bicyclic) bond motifs is 2. The zero-order chi connectivity index (χ0) is 7.84. The molecule has 0 aromatic carbocycles. The van der Waals surface area contributed by atoms with Crippen LogP contribution in [0.2, 0.25) is 0 Å². The summed E-state index contributed by atoms with van der Waals surface area (Å²) in [5.74, 6) is -0.968. The van der Waals surface area contributed by atoms with Crippen LogP contribution in [0, 0.1) is 5.92 Å². The minimum absolute atomic E-state index is 0.0301. The van der Waals surface area contributed by atoms with Crippen LogP contribution in [0.5, 0.6) is 0 Å². The van der Waals surface area contributed by atoms with Crippen LogP contribution in [0.3, 0.4) is 0 Å². The minimum atomic E-state index is -0.710. The monoisotopic (exact) mass is 154 g/mol. The quantitative estimate of drug-likeness (QED) is 0.614. The lowest BCUT2D eigenvalue weighted by atomic mass is 9.81. The first-order valence-corrected chi connectivity index (χ1v) is 3.90. The Morgan fingerprint density at radius 1 is 1.36 bits per heavy atom. The van der Waals surface area contributed by atoms with Gasteiger partial charge in [-0.15, -0.1) is 0 Å². The van der Waals surface area contributed by atoms with Gasteiger partial charge in [-0.25, -0.2) is 0 Å². The highest BCUT2D eigenvalue weighted by molar-refractivity contribution is 5.71. The predicted octanol–water partition coefficient (Wildman–Crippen LogP) is 1.07. The zero-order valence-electron chi connectivity index (χ0n) is 6.10. The van der Waals surface area contributed by atoms with Crippen molar-refractivity contribution in [1.82, 2.24) is 0 Å². The Bertz CT molecular complexity index is 214. The average molecular weight is 154 g/mol. The summed E-state index contributed by atoms with van der Waals surface area (Å²) in [5, 5.41) is 16.7. The summed E-state index contributed by atoms with van der Waals surface area (Å²) < 4.78 is 0. The van der Waals surface area contributed by atoms with Gasteiger partial charge < -0.3 is 5.11 Å². The van der Waals surface area contributed by atoms with E-state index in [0.29, 0.717) is 6.42 Å². The maximum absolute atomic E-state index is 10.6. The smallest absolute Gasteiger partial charge is 0.308 e. The molecule has 1 fully saturated rings. The molecule has 3 aliphatic rings. The third kappa shape index (κ3) is 1.02. The molecule has 1 aliphatic carbocycles. The van der Waals surface area contributed by atoms with Crippen molar-refractivity contribution in [2.75, 3.05) is 0 Å². The lowest BCUT2D eigenvalue weighted by molar-refractivity contribution is -0.144. The van der Waals surface area contributed by atoms with Crippen molar-refractivity contribution in [3.05, 3.63) is 0 Å². The summed E-state index contributed by atoms with van der Waals surface area (Å²) in [6, 6.07) is 0.165. The maximum Gasteiger partial charge on any atom is 0.308 e. The van der Waals surface area contributed by atoms with Crippen molar-refractivity contribution in [2.24, 2.45) is 16.1 Å². The lowest BCUT2D eigenvalue weighted by Gasteiger charge is -2.32. The molecule has 60 valence electrons. The van der Waals surface area contributed by atoms with E-state index < -0.39 is 5.97 Å². The molecular weight excluding hydrogens is 144 g/mol. The van der Waals surface area contributed by atoms with Crippen molar-refractivity contribution < 1.29 is 9.90 Å². The highest BCUT2D eigenvalue weighted by Crippen LogP contribution is 2.34. The van der Waals surface area contributed by atoms with Gasteiger partial charge in [-0.05, 0) is 19.3 Å². The molecule has 11 heavy (non-hydrogen) atoms. The third-order valence-electron chi connectivity index (χ3n) is 2.48. The van der Waals surface area contributed by atoms with E-state index in [0.717, 1.165) is 12.8 Å². The van der Waals surface area contributed by atoms with Crippen LogP contribution >= 0.6 is 0 Å². The van der Waals surface area contributed by atoms with Crippen molar-refractivity contribution in [3.8, 4) is 0 Å². The molecule has 1 N–H and O–H groups in total. The molecule has 1 saturated carbocycles. The topological polar surface area (TPSA) is 62.0 Å². The normalized spacial score (nSPS) is 40.9. The second-order valence-electron chi connectivity index (χ2n) is 3.21. The summed E-state index contributed by atoms with van der Waals surface area (Å²) in [6.45, 7) is 0. The molecular formula is C7H10N2O2. The van der Waals surface area contributed by atoms with Gasteiger partial charge >= 0.3 is 5.97 Å². The Morgan fingerprint density at radius 2 is 2.18 bits per heavy atom. The summed E-state index contributed by atoms with van der Waals surface area (Å²) in [4.78, 5) is 10.6. The molecule has 4 nitrogen and oxygen atoms in total. The van der Waals surface area contributed by atoms with Crippen LogP contribution in [0.1, 0.15) is 19.3 Å². The Balaban J connectivity index is 2.17. The number of carbonyl (C=O) groups is 1. The van der Waals surface area contributed by atoms with E-state index in [-0.39, 0.29) is 18.0 Å². The number of nitrogens with zero attached hydrogens (tertiary/aromatic N) is 2. The van der Waals surface area contributed by atoms with Crippen LogP contribution in [0.25, 0.3) is 0 Å². The third-order valence-corrected chi connectivity index (χ3v) is 2.48. The molecule has 2 bridgehead atoms. The molecule has 0 spiro atoms. The van der Waals surface area contributed by atoms with Crippen LogP contribution in [-0.2, 0) is 4.79 Å². The molecule has 3 atom stereocenters. The highest BCUT2D eigenvalue weighted by atomic mass is 16.4. The van der Waals surface area contributed by atoms with E-state index in [2.05, 4.69) is 10.2 Å². The van der Waals surface area contributed by atoms with E-state index in [9.17, 15) is 4.79 Å². The Hall–Kier alpha value is -0.930. The van der Waals surface area contributed by atoms with Gasteiger partial charge in [0.25, 0.3) is 0 Å². The van der Waals surface area contributed by atoms with Gasteiger partial charge in [0.05, 0.1) is 18.0 Å². The number of aliphatic carboxylic acids is 1. The van der Waals surface area contributed by atoms with Gasteiger partial charge in [0.1, 0.15) is 0 Å². The van der Waals surface area contributed by atoms with E-state index in [1.54, 1.807) is 0 Å². The minimum Gasteiger partial charge on any atom is -0.481 e. The number of azo groups is 1. The first kappa shape index (κ1) is 6.76.